The zero-order valence-electron chi connectivity index (χ0n) is 17.5. The summed E-state index contributed by atoms with van der Waals surface area (Å²) in [6, 6.07) is 16.7. The van der Waals surface area contributed by atoms with E-state index in [1.54, 1.807) is 32.0 Å². The van der Waals surface area contributed by atoms with Crippen molar-refractivity contribution in [2.45, 2.75) is 27.2 Å². The molecule has 0 saturated carbocycles. The third-order valence-corrected chi connectivity index (χ3v) is 5.02. The molecule has 0 spiro atoms. The third-order valence-electron chi connectivity index (χ3n) is 5.02. The lowest BCUT2D eigenvalue weighted by Gasteiger charge is -2.12. The SMILES string of the molecule is CCC(=O)Nc1ccc(C)c(NC(=O)c2cc(-c3ccccc3)nc3onc(C)c23)c1. The van der Waals surface area contributed by atoms with Crippen LogP contribution in [0.1, 0.15) is 35.0 Å². The fraction of sp³-hybridized carbons (Fsp3) is 0.167. The Morgan fingerprint density at radius 2 is 1.77 bits per heavy atom. The monoisotopic (exact) mass is 414 g/mol. The fourth-order valence-corrected chi connectivity index (χ4v) is 3.30. The molecule has 156 valence electrons. The first-order chi connectivity index (χ1) is 15.0. The maximum Gasteiger partial charge on any atom is 0.259 e. The molecule has 2 N–H and O–H groups in total. The number of benzene rings is 2. The van der Waals surface area contributed by atoms with Crippen molar-refractivity contribution in [1.82, 2.24) is 10.1 Å². The van der Waals surface area contributed by atoms with Gasteiger partial charge in [0.2, 0.25) is 5.91 Å². The average Bonchev–Trinajstić information content (AvgIpc) is 3.16. The fourth-order valence-electron chi connectivity index (χ4n) is 3.30. The molecule has 0 aliphatic carbocycles. The van der Waals surface area contributed by atoms with Crippen LogP contribution < -0.4 is 10.6 Å². The number of nitrogens with zero attached hydrogens (tertiary/aromatic N) is 2. The third kappa shape index (κ3) is 4.16. The maximum atomic E-state index is 13.3. The van der Waals surface area contributed by atoms with Gasteiger partial charge in [0.05, 0.1) is 22.3 Å². The van der Waals surface area contributed by atoms with Gasteiger partial charge < -0.3 is 15.2 Å². The van der Waals surface area contributed by atoms with Crippen molar-refractivity contribution in [1.29, 1.82) is 0 Å². The van der Waals surface area contributed by atoms with Crippen molar-refractivity contribution >= 4 is 34.3 Å². The Kier molecular flexibility index (Phi) is 5.49. The number of hydrogen-bond donors (Lipinski definition) is 2. The average molecular weight is 414 g/mol. The minimum Gasteiger partial charge on any atom is -0.335 e. The molecule has 0 saturated heterocycles. The van der Waals surface area contributed by atoms with Crippen LogP contribution in [-0.2, 0) is 4.79 Å². The van der Waals surface area contributed by atoms with Gasteiger partial charge in [0.15, 0.2) is 0 Å². The standard InChI is InChI=1S/C24H22N4O3/c1-4-21(29)25-17-11-10-14(2)19(12-17)26-23(30)18-13-20(16-8-6-5-7-9-16)27-24-22(18)15(3)28-31-24/h5-13H,4H2,1-3H3,(H,25,29)(H,26,30). The number of pyridine rings is 1. The smallest absolute Gasteiger partial charge is 0.259 e. The molecule has 0 aliphatic heterocycles. The Hall–Kier alpha value is -4.00. The molecule has 7 heteroatoms. The topological polar surface area (TPSA) is 97.1 Å². The molecule has 2 amide bonds. The summed E-state index contributed by atoms with van der Waals surface area (Å²) in [5, 5.41) is 10.3. The highest BCUT2D eigenvalue weighted by atomic mass is 16.5. The van der Waals surface area contributed by atoms with E-state index >= 15 is 0 Å². The van der Waals surface area contributed by atoms with E-state index in [1.807, 2.05) is 43.3 Å². The zero-order valence-corrected chi connectivity index (χ0v) is 17.5. The summed E-state index contributed by atoms with van der Waals surface area (Å²) >= 11 is 0. The molecular weight excluding hydrogens is 392 g/mol. The predicted molar refractivity (Wildman–Crippen MR) is 120 cm³/mol. The van der Waals surface area contributed by atoms with Crippen molar-refractivity contribution in [2.75, 3.05) is 10.6 Å². The maximum absolute atomic E-state index is 13.3. The number of fused-ring (bicyclic) bond motifs is 1. The first-order valence-electron chi connectivity index (χ1n) is 10.0. The van der Waals surface area contributed by atoms with Crippen LogP contribution in [0.5, 0.6) is 0 Å². The molecule has 31 heavy (non-hydrogen) atoms. The van der Waals surface area contributed by atoms with E-state index in [9.17, 15) is 9.59 Å². The van der Waals surface area contributed by atoms with E-state index in [0.29, 0.717) is 45.8 Å². The van der Waals surface area contributed by atoms with Crippen LogP contribution in [0.3, 0.4) is 0 Å². The number of carbonyl (C=O) groups is 2. The van der Waals surface area contributed by atoms with Crippen LogP contribution in [0, 0.1) is 13.8 Å². The molecule has 0 fully saturated rings. The van der Waals surface area contributed by atoms with Gasteiger partial charge in [-0.15, -0.1) is 0 Å². The molecular formula is C24H22N4O3. The summed E-state index contributed by atoms with van der Waals surface area (Å²) in [6.45, 7) is 5.45. The zero-order chi connectivity index (χ0) is 22.0. The van der Waals surface area contributed by atoms with Crippen LogP contribution >= 0.6 is 0 Å². The number of nitrogens with one attached hydrogen (secondary N) is 2. The van der Waals surface area contributed by atoms with Gasteiger partial charge in [-0.05, 0) is 37.6 Å². The van der Waals surface area contributed by atoms with Gasteiger partial charge in [0.25, 0.3) is 11.6 Å². The Morgan fingerprint density at radius 1 is 1.00 bits per heavy atom. The van der Waals surface area contributed by atoms with Gasteiger partial charge in [-0.1, -0.05) is 48.5 Å². The van der Waals surface area contributed by atoms with Crippen LogP contribution in [0.25, 0.3) is 22.4 Å². The molecule has 2 aromatic carbocycles. The van der Waals surface area contributed by atoms with Crippen LogP contribution in [0.4, 0.5) is 11.4 Å². The molecule has 0 bridgehead atoms. The summed E-state index contributed by atoms with van der Waals surface area (Å²) in [5.41, 5.74) is 4.92. The number of carbonyl (C=O) groups excluding carboxylic acids is 2. The molecule has 4 aromatic rings. The second-order valence-electron chi connectivity index (χ2n) is 7.25. The summed E-state index contributed by atoms with van der Waals surface area (Å²) in [7, 11) is 0. The lowest BCUT2D eigenvalue weighted by Crippen LogP contribution is -2.15. The quantitative estimate of drug-likeness (QED) is 0.473. The van der Waals surface area contributed by atoms with E-state index in [1.165, 1.54) is 0 Å². The molecule has 0 aliphatic rings. The van der Waals surface area contributed by atoms with E-state index < -0.39 is 0 Å². The summed E-state index contributed by atoms with van der Waals surface area (Å²) in [5.74, 6) is -0.400. The van der Waals surface area contributed by atoms with Crippen molar-refractivity contribution < 1.29 is 14.1 Å². The van der Waals surface area contributed by atoms with Crippen molar-refractivity contribution in [3.8, 4) is 11.3 Å². The summed E-state index contributed by atoms with van der Waals surface area (Å²) < 4.78 is 5.36. The number of aryl methyl sites for hydroxylation is 2. The Balaban J connectivity index is 1.73. The van der Waals surface area contributed by atoms with E-state index in [2.05, 4.69) is 20.8 Å². The Labute approximate surface area is 179 Å². The number of anilines is 2. The van der Waals surface area contributed by atoms with Gasteiger partial charge in [-0.25, -0.2) is 4.98 Å². The number of amides is 2. The van der Waals surface area contributed by atoms with Gasteiger partial charge >= 0.3 is 0 Å². The van der Waals surface area contributed by atoms with E-state index in [-0.39, 0.29) is 11.8 Å². The predicted octanol–water partition coefficient (Wildman–Crippen LogP) is 5.11. The first-order valence-corrected chi connectivity index (χ1v) is 10.0. The van der Waals surface area contributed by atoms with E-state index in [4.69, 9.17) is 4.52 Å². The van der Waals surface area contributed by atoms with Crippen LogP contribution in [0.2, 0.25) is 0 Å². The van der Waals surface area contributed by atoms with Gasteiger partial charge in [-0.3, -0.25) is 9.59 Å². The van der Waals surface area contributed by atoms with Crippen molar-refractivity contribution in [3.05, 3.63) is 71.4 Å². The van der Waals surface area contributed by atoms with E-state index in [0.717, 1.165) is 11.1 Å². The minimum atomic E-state index is -0.307. The molecule has 0 unspecified atom stereocenters. The summed E-state index contributed by atoms with van der Waals surface area (Å²) in [4.78, 5) is 29.6. The Bertz CT molecular complexity index is 1280. The van der Waals surface area contributed by atoms with Crippen LogP contribution in [0.15, 0.2) is 59.1 Å². The Morgan fingerprint density at radius 3 is 2.52 bits per heavy atom. The number of rotatable bonds is 5. The lowest BCUT2D eigenvalue weighted by molar-refractivity contribution is -0.115. The molecule has 2 heterocycles. The molecule has 2 aromatic heterocycles. The largest absolute Gasteiger partial charge is 0.335 e. The first kappa shape index (κ1) is 20.3. The van der Waals surface area contributed by atoms with Crippen LogP contribution in [-0.4, -0.2) is 22.0 Å². The second kappa shape index (κ2) is 8.39. The minimum absolute atomic E-state index is 0.0930. The van der Waals surface area contributed by atoms with Gasteiger partial charge in [0.1, 0.15) is 0 Å². The molecule has 0 radical (unpaired) electrons. The second-order valence-corrected chi connectivity index (χ2v) is 7.25. The summed E-state index contributed by atoms with van der Waals surface area (Å²) in [6.07, 6.45) is 0.375. The van der Waals surface area contributed by atoms with Crippen molar-refractivity contribution in [2.24, 2.45) is 0 Å². The highest BCUT2D eigenvalue weighted by Crippen LogP contribution is 2.28. The van der Waals surface area contributed by atoms with Gasteiger partial charge in [-0.2, -0.15) is 0 Å². The number of aromatic nitrogens is 2. The lowest BCUT2D eigenvalue weighted by atomic mass is 10.0. The highest BCUT2D eigenvalue weighted by molar-refractivity contribution is 6.13. The number of hydrogen-bond acceptors (Lipinski definition) is 5. The molecule has 0 atom stereocenters. The van der Waals surface area contributed by atoms with Crippen molar-refractivity contribution in [3.63, 3.8) is 0 Å². The van der Waals surface area contributed by atoms with Gasteiger partial charge in [0, 0.05) is 23.4 Å². The normalized spacial score (nSPS) is 10.8. The highest BCUT2D eigenvalue weighted by Gasteiger charge is 2.20. The molecule has 7 nitrogen and oxygen atoms in total. The molecule has 4 rings (SSSR count).